The predicted molar refractivity (Wildman–Crippen MR) is 52.3 cm³/mol. The lowest BCUT2D eigenvalue weighted by molar-refractivity contribution is 0.597. The summed E-state index contributed by atoms with van der Waals surface area (Å²) in [6.45, 7) is 0.389. The average Bonchev–Trinajstić information content (AvgIpc) is 2.02. The van der Waals surface area contributed by atoms with Crippen LogP contribution in [0.2, 0.25) is 0 Å². The Morgan fingerprint density at radius 1 is 1.43 bits per heavy atom. The smallest absolute Gasteiger partial charge is 0.221 e. The summed E-state index contributed by atoms with van der Waals surface area (Å²) >= 11 is 0. The first kappa shape index (κ1) is 10.9. The largest absolute Gasteiger partial charge is 0.368 e. The SMILES string of the molecule is CS(=O)(=O)c1cc(CCN)nc(N)n1. The number of nitrogens with zero attached hydrogens (tertiary/aromatic N) is 2. The maximum atomic E-state index is 11.2. The minimum atomic E-state index is -3.34. The van der Waals surface area contributed by atoms with E-state index in [0.29, 0.717) is 18.7 Å². The number of nitrogen functional groups attached to an aromatic ring is 1. The molecule has 0 aromatic carbocycles. The molecule has 1 aromatic heterocycles. The van der Waals surface area contributed by atoms with Gasteiger partial charge in [-0.25, -0.2) is 18.4 Å². The summed E-state index contributed by atoms with van der Waals surface area (Å²) in [5.74, 6) is -0.0450. The number of sulfone groups is 1. The first-order valence-corrected chi connectivity index (χ1v) is 5.86. The number of aromatic nitrogens is 2. The minimum absolute atomic E-state index is 0.0450. The van der Waals surface area contributed by atoms with Crippen molar-refractivity contribution in [1.82, 2.24) is 9.97 Å². The molecule has 7 heteroatoms. The predicted octanol–water partition coefficient (Wildman–Crippen LogP) is -1.04. The first-order valence-electron chi connectivity index (χ1n) is 3.97. The molecule has 6 nitrogen and oxygen atoms in total. The van der Waals surface area contributed by atoms with Crippen molar-refractivity contribution in [1.29, 1.82) is 0 Å². The second-order valence-electron chi connectivity index (χ2n) is 2.87. The van der Waals surface area contributed by atoms with Gasteiger partial charge in [0.1, 0.15) is 0 Å². The van der Waals surface area contributed by atoms with Crippen LogP contribution in [-0.2, 0) is 16.3 Å². The number of hydrogen-bond donors (Lipinski definition) is 2. The van der Waals surface area contributed by atoms with Gasteiger partial charge in [-0.1, -0.05) is 0 Å². The summed E-state index contributed by atoms with van der Waals surface area (Å²) in [5, 5.41) is -0.0616. The lowest BCUT2D eigenvalue weighted by atomic mass is 10.3. The number of nitrogens with two attached hydrogens (primary N) is 2. The van der Waals surface area contributed by atoms with Crippen molar-refractivity contribution in [2.75, 3.05) is 18.5 Å². The molecule has 0 radical (unpaired) electrons. The molecule has 0 aliphatic rings. The van der Waals surface area contributed by atoms with Crippen molar-refractivity contribution in [3.8, 4) is 0 Å². The van der Waals surface area contributed by atoms with Gasteiger partial charge in [0.05, 0.1) is 0 Å². The molecule has 14 heavy (non-hydrogen) atoms. The standard InChI is InChI=1S/C7H12N4O2S/c1-14(12,13)6-4-5(2-3-8)10-7(9)11-6/h4H,2-3,8H2,1H3,(H2,9,10,11). The number of hydrogen-bond acceptors (Lipinski definition) is 6. The van der Waals surface area contributed by atoms with E-state index in [2.05, 4.69) is 9.97 Å². The molecule has 1 rings (SSSR count). The van der Waals surface area contributed by atoms with Crippen molar-refractivity contribution in [3.05, 3.63) is 11.8 Å². The molecule has 0 bridgehead atoms. The van der Waals surface area contributed by atoms with E-state index in [1.807, 2.05) is 0 Å². The Bertz CT molecular complexity index is 429. The van der Waals surface area contributed by atoms with Crippen molar-refractivity contribution in [2.24, 2.45) is 5.73 Å². The van der Waals surface area contributed by atoms with Crippen molar-refractivity contribution in [2.45, 2.75) is 11.4 Å². The fraction of sp³-hybridized carbons (Fsp3) is 0.429. The van der Waals surface area contributed by atoms with Crippen LogP contribution in [0.1, 0.15) is 5.69 Å². The molecule has 0 aliphatic carbocycles. The molecule has 78 valence electrons. The van der Waals surface area contributed by atoms with Gasteiger partial charge < -0.3 is 11.5 Å². The van der Waals surface area contributed by atoms with E-state index >= 15 is 0 Å². The zero-order chi connectivity index (χ0) is 10.8. The fourth-order valence-electron chi connectivity index (χ4n) is 0.958. The van der Waals surface area contributed by atoms with Gasteiger partial charge in [0.2, 0.25) is 5.95 Å². The third-order valence-electron chi connectivity index (χ3n) is 1.55. The average molecular weight is 216 g/mol. The number of rotatable bonds is 3. The summed E-state index contributed by atoms with van der Waals surface area (Å²) in [6.07, 6.45) is 1.55. The Labute approximate surface area is 82.3 Å². The second-order valence-corrected chi connectivity index (χ2v) is 4.83. The van der Waals surface area contributed by atoms with E-state index in [1.165, 1.54) is 6.07 Å². The molecular formula is C7H12N4O2S. The molecule has 0 aliphatic heterocycles. The van der Waals surface area contributed by atoms with Crippen LogP contribution < -0.4 is 11.5 Å². The summed E-state index contributed by atoms with van der Waals surface area (Å²) in [7, 11) is -3.34. The van der Waals surface area contributed by atoms with Crippen LogP contribution >= 0.6 is 0 Å². The molecule has 0 amide bonds. The molecule has 1 heterocycles. The van der Waals surface area contributed by atoms with Gasteiger partial charge in [0.25, 0.3) is 0 Å². The second kappa shape index (κ2) is 3.89. The van der Waals surface area contributed by atoms with Gasteiger partial charge in [-0.15, -0.1) is 0 Å². The molecule has 0 unspecified atom stereocenters. The van der Waals surface area contributed by atoms with Crippen LogP contribution in [0.4, 0.5) is 5.95 Å². The zero-order valence-corrected chi connectivity index (χ0v) is 8.58. The molecule has 0 spiro atoms. The van der Waals surface area contributed by atoms with Crippen LogP contribution in [0.5, 0.6) is 0 Å². The van der Waals surface area contributed by atoms with Crippen molar-refractivity contribution >= 4 is 15.8 Å². The minimum Gasteiger partial charge on any atom is -0.368 e. The lowest BCUT2D eigenvalue weighted by Gasteiger charge is -2.02. The third kappa shape index (κ3) is 2.64. The van der Waals surface area contributed by atoms with Crippen LogP contribution in [0.25, 0.3) is 0 Å². The van der Waals surface area contributed by atoms with Gasteiger partial charge in [0.15, 0.2) is 14.9 Å². The molecule has 1 aromatic rings. The summed E-state index contributed by atoms with van der Waals surface area (Å²) in [4.78, 5) is 7.48. The van der Waals surface area contributed by atoms with E-state index in [-0.39, 0.29) is 11.0 Å². The third-order valence-corrected chi connectivity index (χ3v) is 2.52. The van der Waals surface area contributed by atoms with E-state index in [4.69, 9.17) is 11.5 Å². The Kier molecular flexibility index (Phi) is 3.02. The van der Waals surface area contributed by atoms with E-state index in [9.17, 15) is 8.42 Å². The van der Waals surface area contributed by atoms with Crippen LogP contribution in [0, 0.1) is 0 Å². The van der Waals surface area contributed by atoms with E-state index < -0.39 is 9.84 Å². The lowest BCUT2D eigenvalue weighted by Crippen LogP contribution is -2.10. The number of anilines is 1. The van der Waals surface area contributed by atoms with E-state index in [0.717, 1.165) is 6.26 Å². The highest BCUT2D eigenvalue weighted by atomic mass is 32.2. The van der Waals surface area contributed by atoms with Gasteiger partial charge >= 0.3 is 0 Å². The Morgan fingerprint density at radius 2 is 2.07 bits per heavy atom. The maximum Gasteiger partial charge on any atom is 0.221 e. The quantitative estimate of drug-likeness (QED) is 0.624. The fourth-order valence-corrected chi connectivity index (χ4v) is 1.57. The van der Waals surface area contributed by atoms with Gasteiger partial charge in [-0.2, -0.15) is 0 Å². The zero-order valence-electron chi connectivity index (χ0n) is 7.77. The van der Waals surface area contributed by atoms with Gasteiger partial charge in [0, 0.05) is 18.4 Å². The summed E-state index contributed by atoms with van der Waals surface area (Å²) < 4.78 is 22.3. The van der Waals surface area contributed by atoms with Crippen LogP contribution in [0.15, 0.2) is 11.1 Å². The first-order chi connectivity index (χ1) is 6.43. The maximum absolute atomic E-state index is 11.2. The molecule has 4 N–H and O–H groups in total. The normalized spacial score (nSPS) is 11.6. The molecular weight excluding hydrogens is 204 g/mol. The molecule has 0 saturated carbocycles. The van der Waals surface area contributed by atoms with Gasteiger partial charge in [-0.3, -0.25) is 0 Å². The topological polar surface area (TPSA) is 112 Å². The highest BCUT2D eigenvalue weighted by molar-refractivity contribution is 7.90. The highest BCUT2D eigenvalue weighted by Crippen LogP contribution is 2.08. The monoisotopic (exact) mass is 216 g/mol. The van der Waals surface area contributed by atoms with Gasteiger partial charge in [-0.05, 0) is 12.6 Å². The van der Waals surface area contributed by atoms with Crippen molar-refractivity contribution < 1.29 is 8.42 Å². The highest BCUT2D eigenvalue weighted by Gasteiger charge is 2.11. The van der Waals surface area contributed by atoms with Crippen molar-refractivity contribution in [3.63, 3.8) is 0 Å². The summed E-state index contributed by atoms with van der Waals surface area (Å²) in [6, 6.07) is 1.39. The van der Waals surface area contributed by atoms with Crippen LogP contribution in [-0.4, -0.2) is 31.2 Å². The molecule has 0 atom stereocenters. The Morgan fingerprint density at radius 3 is 2.57 bits per heavy atom. The Balaban J connectivity index is 3.21. The Hall–Kier alpha value is -1.21. The molecule has 0 fully saturated rings. The molecule has 0 saturated heterocycles. The van der Waals surface area contributed by atoms with E-state index in [1.54, 1.807) is 0 Å². The van der Waals surface area contributed by atoms with Crippen LogP contribution in [0.3, 0.4) is 0 Å². The summed E-state index contributed by atoms with van der Waals surface area (Å²) in [5.41, 5.74) is 11.2.